The summed E-state index contributed by atoms with van der Waals surface area (Å²) in [5.74, 6) is 1.02. The minimum absolute atomic E-state index is 0.123. The van der Waals surface area contributed by atoms with E-state index in [1.165, 1.54) is 23.1 Å². The molecule has 1 amide bonds. The molecule has 2 heterocycles. The molecule has 3 rings (SSSR count). The molecule has 0 saturated carbocycles. The van der Waals surface area contributed by atoms with Crippen LogP contribution in [0.5, 0.6) is 0 Å². The second-order valence-corrected chi connectivity index (χ2v) is 7.48. The summed E-state index contributed by atoms with van der Waals surface area (Å²) >= 11 is 1.58. The summed E-state index contributed by atoms with van der Waals surface area (Å²) in [4.78, 5) is 14.4. The molecule has 2 aromatic rings. The van der Waals surface area contributed by atoms with Gasteiger partial charge in [-0.1, -0.05) is 6.92 Å². The molecular weight excluding hydrogens is 298 g/mol. The molecule has 0 radical (unpaired) electrons. The van der Waals surface area contributed by atoms with Crippen LogP contribution in [0.25, 0.3) is 0 Å². The number of hydrogen-bond donors (Lipinski definition) is 2. The molecule has 0 aromatic carbocycles. The molecule has 0 fully saturated rings. The fourth-order valence-corrected chi connectivity index (χ4v) is 3.95. The molecule has 0 bridgehead atoms. The number of fused-ring (bicyclic) bond motifs is 1. The van der Waals surface area contributed by atoms with Gasteiger partial charge in [0, 0.05) is 4.88 Å². The minimum atomic E-state index is -1.20. The van der Waals surface area contributed by atoms with Crippen molar-refractivity contribution in [3.63, 3.8) is 0 Å². The molecule has 2 unspecified atom stereocenters. The summed E-state index contributed by atoms with van der Waals surface area (Å²) in [6, 6.07) is 5.43. The van der Waals surface area contributed by atoms with E-state index in [0.717, 1.165) is 17.7 Å². The van der Waals surface area contributed by atoms with E-state index in [-0.39, 0.29) is 12.5 Å². The number of carbonyl (C=O) groups excluding carboxylic acids is 1. The zero-order valence-electron chi connectivity index (χ0n) is 12.9. The highest BCUT2D eigenvalue weighted by atomic mass is 32.1. The highest BCUT2D eigenvalue weighted by Crippen LogP contribution is 2.32. The maximum Gasteiger partial charge on any atom is 0.261 e. The van der Waals surface area contributed by atoms with Crippen molar-refractivity contribution in [3.05, 3.63) is 45.5 Å². The Bertz CT molecular complexity index is 658. The molecule has 0 saturated heterocycles. The summed E-state index contributed by atoms with van der Waals surface area (Å²) < 4.78 is 5.22. The SMILES string of the molecule is CC1CCc2sc(C(=O)NCC(C)(O)c3ccco3)cc2C1. The Morgan fingerprint density at radius 2 is 2.41 bits per heavy atom. The van der Waals surface area contributed by atoms with Crippen LogP contribution in [0.2, 0.25) is 0 Å². The van der Waals surface area contributed by atoms with Crippen molar-refractivity contribution in [3.8, 4) is 0 Å². The molecule has 4 nitrogen and oxygen atoms in total. The standard InChI is InChI=1S/C17H21NO3S/c1-11-5-6-13-12(8-11)9-14(22-13)16(19)18-10-17(2,20)15-4-3-7-21-15/h3-4,7,9,11,20H,5-6,8,10H2,1-2H3,(H,18,19). The summed E-state index contributed by atoms with van der Waals surface area (Å²) in [6.45, 7) is 4.01. The van der Waals surface area contributed by atoms with Crippen molar-refractivity contribution in [2.75, 3.05) is 6.54 Å². The van der Waals surface area contributed by atoms with Crippen molar-refractivity contribution >= 4 is 17.2 Å². The van der Waals surface area contributed by atoms with Gasteiger partial charge in [0.25, 0.3) is 5.91 Å². The van der Waals surface area contributed by atoms with Crippen LogP contribution >= 0.6 is 11.3 Å². The molecule has 118 valence electrons. The molecule has 1 aliphatic rings. The van der Waals surface area contributed by atoms with E-state index < -0.39 is 5.60 Å². The van der Waals surface area contributed by atoms with Crippen molar-refractivity contribution in [1.29, 1.82) is 0 Å². The molecule has 0 aliphatic heterocycles. The Balaban J connectivity index is 1.65. The van der Waals surface area contributed by atoms with Crippen LogP contribution in [-0.2, 0) is 18.4 Å². The predicted molar refractivity (Wildman–Crippen MR) is 86.1 cm³/mol. The van der Waals surface area contributed by atoms with Gasteiger partial charge < -0.3 is 14.8 Å². The number of aryl methyl sites for hydroxylation is 1. The topological polar surface area (TPSA) is 62.5 Å². The van der Waals surface area contributed by atoms with Gasteiger partial charge in [-0.25, -0.2) is 0 Å². The predicted octanol–water partition coefficient (Wildman–Crippen LogP) is 3.10. The Morgan fingerprint density at radius 3 is 3.14 bits per heavy atom. The van der Waals surface area contributed by atoms with Crippen molar-refractivity contribution in [2.24, 2.45) is 5.92 Å². The molecule has 2 atom stereocenters. The molecule has 2 aromatic heterocycles. The molecule has 2 N–H and O–H groups in total. The van der Waals surface area contributed by atoms with Crippen LogP contribution in [0.1, 0.15) is 46.1 Å². The highest BCUT2D eigenvalue weighted by molar-refractivity contribution is 7.14. The van der Waals surface area contributed by atoms with Crippen LogP contribution < -0.4 is 5.32 Å². The van der Waals surface area contributed by atoms with Crippen LogP contribution in [0.15, 0.2) is 28.9 Å². The lowest BCUT2D eigenvalue weighted by Crippen LogP contribution is -2.38. The van der Waals surface area contributed by atoms with Gasteiger partial charge in [0.2, 0.25) is 0 Å². The Kier molecular flexibility index (Phi) is 4.10. The van der Waals surface area contributed by atoms with Gasteiger partial charge in [-0.15, -0.1) is 11.3 Å². The maximum absolute atomic E-state index is 12.3. The summed E-state index contributed by atoms with van der Waals surface area (Å²) in [6.07, 6.45) is 4.84. The van der Waals surface area contributed by atoms with E-state index in [9.17, 15) is 9.90 Å². The van der Waals surface area contributed by atoms with Gasteiger partial charge >= 0.3 is 0 Å². The number of nitrogens with one attached hydrogen (secondary N) is 1. The second kappa shape index (κ2) is 5.89. The van der Waals surface area contributed by atoms with Crippen LogP contribution in [0.3, 0.4) is 0 Å². The first-order chi connectivity index (χ1) is 10.5. The van der Waals surface area contributed by atoms with Gasteiger partial charge in [-0.3, -0.25) is 4.79 Å². The monoisotopic (exact) mass is 319 g/mol. The first-order valence-electron chi connectivity index (χ1n) is 7.62. The van der Waals surface area contributed by atoms with Gasteiger partial charge in [0.1, 0.15) is 11.4 Å². The minimum Gasteiger partial charge on any atom is -0.466 e. The molecular formula is C17H21NO3S. The van der Waals surface area contributed by atoms with Gasteiger partial charge in [0.05, 0.1) is 17.7 Å². The number of carbonyl (C=O) groups is 1. The Morgan fingerprint density at radius 1 is 1.59 bits per heavy atom. The van der Waals surface area contributed by atoms with E-state index in [1.807, 2.05) is 6.07 Å². The molecule has 1 aliphatic carbocycles. The first-order valence-corrected chi connectivity index (χ1v) is 8.43. The third-order valence-corrected chi connectivity index (χ3v) is 5.43. The fraction of sp³-hybridized carbons (Fsp3) is 0.471. The van der Waals surface area contributed by atoms with Crippen LogP contribution in [0.4, 0.5) is 0 Å². The second-order valence-electron chi connectivity index (χ2n) is 6.34. The smallest absolute Gasteiger partial charge is 0.261 e. The number of amides is 1. The average molecular weight is 319 g/mol. The van der Waals surface area contributed by atoms with E-state index >= 15 is 0 Å². The Labute approximate surface area is 134 Å². The number of rotatable bonds is 4. The largest absolute Gasteiger partial charge is 0.466 e. The number of thiophene rings is 1. The van der Waals surface area contributed by atoms with Gasteiger partial charge in [-0.2, -0.15) is 0 Å². The number of furan rings is 1. The zero-order valence-corrected chi connectivity index (χ0v) is 13.7. The number of aliphatic hydroxyl groups is 1. The molecule has 5 heteroatoms. The van der Waals surface area contributed by atoms with Crippen molar-refractivity contribution in [1.82, 2.24) is 5.32 Å². The third kappa shape index (κ3) is 3.10. The van der Waals surface area contributed by atoms with E-state index in [2.05, 4.69) is 12.2 Å². The average Bonchev–Trinajstić information content (AvgIpc) is 3.13. The van der Waals surface area contributed by atoms with E-state index in [1.54, 1.807) is 30.4 Å². The lowest BCUT2D eigenvalue weighted by atomic mass is 9.90. The molecule has 22 heavy (non-hydrogen) atoms. The quantitative estimate of drug-likeness (QED) is 0.910. The highest BCUT2D eigenvalue weighted by Gasteiger charge is 2.28. The fourth-order valence-electron chi connectivity index (χ4n) is 2.83. The van der Waals surface area contributed by atoms with Gasteiger partial charge in [0.15, 0.2) is 0 Å². The van der Waals surface area contributed by atoms with Crippen molar-refractivity contribution in [2.45, 2.75) is 38.7 Å². The summed E-state index contributed by atoms with van der Waals surface area (Å²) in [5, 5.41) is 13.2. The van der Waals surface area contributed by atoms with Crippen LogP contribution in [0, 0.1) is 5.92 Å². The normalized spacial score (nSPS) is 20.2. The summed E-state index contributed by atoms with van der Waals surface area (Å²) in [5.41, 5.74) is 0.108. The summed E-state index contributed by atoms with van der Waals surface area (Å²) in [7, 11) is 0. The van der Waals surface area contributed by atoms with E-state index in [0.29, 0.717) is 11.7 Å². The Hall–Kier alpha value is -1.59. The number of hydrogen-bond acceptors (Lipinski definition) is 4. The van der Waals surface area contributed by atoms with E-state index in [4.69, 9.17) is 4.42 Å². The lowest BCUT2D eigenvalue weighted by molar-refractivity contribution is 0.0331. The van der Waals surface area contributed by atoms with Crippen LogP contribution in [-0.4, -0.2) is 17.6 Å². The van der Waals surface area contributed by atoms with Gasteiger partial charge in [-0.05, 0) is 55.9 Å². The zero-order chi connectivity index (χ0) is 15.7. The van der Waals surface area contributed by atoms with Crippen molar-refractivity contribution < 1.29 is 14.3 Å². The lowest BCUT2D eigenvalue weighted by Gasteiger charge is -2.20. The molecule has 0 spiro atoms. The maximum atomic E-state index is 12.3. The third-order valence-electron chi connectivity index (χ3n) is 4.20. The first kappa shape index (κ1) is 15.3.